The van der Waals surface area contributed by atoms with Crippen LogP contribution in [0.3, 0.4) is 0 Å². The molecule has 0 radical (unpaired) electrons. The Balaban J connectivity index is 1.68. The molecule has 7 heteroatoms. The van der Waals surface area contributed by atoms with Crippen molar-refractivity contribution in [3.05, 3.63) is 94.8 Å². The standard InChI is InChI=1S/C21H17N3O3S/c1-22-15-16-7-11-18(12-8-16)23-21(25)17-9-13-19(14-10-17)24-28(26,27)20-5-3-2-4-6-20/h2-14H,1H3,(H,24,25)/p+1. The topological polar surface area (TPSA) is 79.6 Å². The molecule has 140 valence electrons. The van der Waals surface area contributed by atoms with Crippen molar-refractivity contribution >= 4 is 27.3 Å². The molecule has 6 nitrogen and oxygen atoms in total. The number of hydrogen-bond acceptors (Lipinski definition) is 3. The number of hydrogen-bond donors (Lipinski definition) is 2. The molecule has 0 saturated carbocycles. The van der Waals surface area contributed by atoms with Gasteiger partial charge in [0.15, 0.2) is 0 Å². The van der Waals surface area contributed by atoms with Crippen molar-refractivity contribution in [2.45, 2.75) is 4.90 Å². The summed E-state index contributed by atoms with van der Waals surface area (Å²) in [5.41, 5.74) is 2.24. The number of nitrogens with one attached hydrogen (secondary N) is 2. The van der Waals surface area contributed by atoms with E-state index in [-0.39, 0.29) is 10.8 Å². The molecule has 2 N–H and O–H groups in total. The largest absolute Gasteiger partial charge is 0.322 e. The molecule has 0 aliphatic heterocycles. The van der Waals surface area contributed by atoms with Crippen LogP contribution in [0.25, 0.3) is 4.85 Å². The van der Waals surface area contributed by atoms with Crippen LogP contribution in [0.5, 0.6) is 0 Å². The zero-order valence-electron chi connectivity index (χ0n) is 15.1. The van der Waals surface area contributed by atoms with Gasteiger partial charge in [0.1, 0.15) is 5.56 Å². The van der Waals surface area contributed by atoms with E-state index in [9.17, 15) is 13.2 Å². The van der Waals surface area contributed by atoms with Crippen LogP contribution in [0.15, 0.2) is 83.8 Å². The molecule has 3 aromatic rings. The molecule has 3 rings (SSSR count). The van der Waals surface area contributed by atoms with E-state index in [4.69, 9.17) is 0 Å². The van der Waals surface area contributed by atoms with Crippen molar-refractivity contribution in [3.63, 3.8) is 0 Å². The van der Waals surface area contributed by atoms with Crippen LogP contribution in [-0.4, -0.2) is 21.4 Å². The van der Waals surface area contributed by atoms with Gasteiger partial charge in [-0.25, -0.2) is 8.42 Å². The molecule has 0 saturated heterocycles. The third-order valence-electron chi connectivity index (χ3n) is 3.84. The minimum atomic E-state index is -3.67. The van der Waals surface area contributed by atoms with Crippen LogP contribution in [0, 0.1) is 6.07 Å². The predicted octanol–water partition coefficient (Wildman–Crippen LogP) is 4.05. The normalized spacial score (nSPS) is 10.5. The third-order valence-corrected chi connectivity index (χ3v) is 5.23. The van der Waals surface area contributed by atoms with E-state index in [2.05, 4.69) is 21.0 Å². The molecule has 28 heavy (non-hydrogen) atoms. The molecule has 0 fully saturated rings. The monoisotopic (exact) mass is 392 g/mol. The molecule has 0 aromatic heterocycles. The van der Waals surface area contributed by atoms with E-state index < -0.39 is 10.0 Å². The number of carbonyl (C=O) groups excluding carboxylic acids is 1. The van der Waals surface area contributed by atoms with Gasteiger partial charge in [-0.1, -0.05) is 23.0 Å². The summed E-state index contributed by atoms with van der Waals surface area (Å²) in [6, 6.07) is 24.2. The average Bonchev–Trinajstić information content (AvgIpc) is 2.70. The molecule has 3 aromatic carbocycles. The fourth-order valence-electron chi connectivity index (χ4n) is 2.46. The molecule has 0 heterocycles. The van der Waals surface area contributed by atoms with Gasteiger partial charge in [0.05, 0.1) is 4.90 Å². The molecule has 0 spiro atoms. The first-order valence-electron chi connectivity index (χ1n) is 8.42. The van der Waals surface area contributed by atoms with Crippen molar-refractivity contribution in [2.24, 2.45) is 0 Å². The summed E-state index contributed by atoms with van der Waals surface area (Å²) in [4.78, 5) is 16.3. The maximum absolute atomic E-state index is 12.4. The van der Waals surface area contributed by atoms with Crippen molar-refractivity contribution in [1.29, 1.82) is 0 Å². The SMILES string of the molecule is C[N+]#Cc1ccc(NC(=O)c2ccc(NS(=O)(=O)c3ccccc3)cc2)cc1. The Morgan fingerprint density at radius 2 is 1.46 bits per heavy atom. The number of sulfonamides is 1. The number of nitrogens with zero attached hydrogens (tertiary/aromatic N) is 1. The lowest BCUT2D eigenvalue weighted by molar-refractivity contribution is 0.102. The second-order valence-electron chi connectivity index (χ2n) is 5.86. The summed E-state index contributed by atoms with van der Waals surface area (Å²) < 4.78 is 27.2. The van der Waals surface area contributed by atoms with Crippen LogP contribution >= 0.6 is 0 Å². The zero-order chi connectivity index (χ0) is 20.0. The zero-order valence-corrected chi connectivity index (χ0v) is 15.9. The first-order chi connectivity index (χ1) is 13.5. The molecule has 0 aliphatic rings. The van der Waals surface area contributed by atoms with E-state index in [1.807, 2.05) is 0 Å². The van der Waals surface area contributed by atoms with Gasteiger partial charge in [-0.2, -0.15) is 0 Å². The number of anilines is 2. The lowest BCUT2D eigenvalue weighted by Crippen LogP contribution is -2.14. The second-order valence-corrected chi connectivity index (χ2v) is 7.55. The summed E-state index contributed by atoms with van der Waals surface area (Å²) in [5.74, 6) is -0.293. The Kier molecular flexibility index (Phi) is 5.72. The van der Waals surface area contributed by atoms with Crippen LogP contribution in [-0.2, 0) is 10.0 Å². The summed E-state index contributed by atoms with van der Waals surface area (Å²) in [6.07, 6.45) is 0. The van der Waals surface area contributed by atoms with Crippen molar-refractivity contribution in [1.82, 2.24) is 0 Å². The lowest BCUT2D eigenvalue weighted by Gasteiger charge is -2.09. The smallest absolute Gasteiger partial charge is 0.310 e. The highest BCUT2D eigenvalue weighted by Crippen LogP contribution is 2.17. The Morgan fingerprint density at radius 1 is 0.857 bits per heavy atom. The maximum Gasteiger partial charge on any atom is 0.310 e. The van der Waals surface area contributed by atoms with Crippen LogP contribution < -0.4 is 10.0 Å². The third kappa shape index (κ3) is 4.75. The van der Waals surface area contributed by atoms with Crippen LogP contribution in [0.2, 0.25) is 0 Å². The van der Waals surface area contributed by atoms with Crippen molar-refractivity contribution in [2.75, 3.05) is 17.1 Å². The average molecular weight is 392 g/mol. The highest BCUT2D eigenvalue weighted by molar-refractivity contribution is 7.92. The minimum Gasteiger partial charge on any atom is -0.322 e. The lowest BCUT2D eigenvalue weighted by atomic mass is 10.2. The number of amides is 1. The summed E-state index contributed by atoms with van der Waals surface area (Å²) in [7, 11) is -2.03. The van der Waals surface area contributed by atoms with Crippen molar-refractivity contribution < 1.29 is 13.2 Å². The van der Waals surface area contributed by atoms with Gasteiger partial charge in [0.2, 0.25) is 0 Å². The number of rotatable bonds is 5. The highest BCUT2D eigenvalue weighted by atomic mass is 32.2. The van der Waals surface area contributed by atoms with Gasteiger partial charge in [-0.15, -0.1) is 0 Å². The van der Waals surface area contributed by atoms with E-state index in [0.29, 0.717) is 16.9 Å². The molecule has 0 atom stereocenters. The molecular weight excluding hydrogens is 374 g/mol. The molecule has 0 unspecified atom stereocenters. The summed E-state index contributed by atoms with van der Waals surface area (Å²) in [5, 5.41) is 2.79. The van der Waals surface area contributed by atoms with E-state index in [1.165, 1.54) is 12.1 Å². The van der Waals surface area contributed by atoms with Crippen LogP contribution in [0.1, 0.15) is 15.9 Å². The molecule has 0 aliphatic carbocycles. The molecular formula is C21H18N3O3S+. The Morgan fingerprint density at radius 3 is 2.07 bits per heavy atom. The summed E-state index contributed by atoms with van der Waals surface area (Å²) >= 11 is 0. The van der Waals surface area contributed by atoms with Gasteiger partial charge in [0, 0.05) is 16.9 Å². The number of carbonyl (C=O) groups is 1. The fraction of sp³-hybridized carbons (Fsp3) is 0.0476. The first kappa shape index (κ1) is 19.1. The Hall–Kier alpha value is -3.63. The maximum atomic E-state index is 12.4. The Bertz CT molecular complexity index is 1130. The van der Waals surface area contributed by atoms with Gasteiger partial charge in [0.25, 0.3) is 23.0 Å². The van der Waals surface area contributed by atoms with Gasteiger partial charge < -0.3 is 5.32 Å². The van der Waals surface area contributed by atoms with E-state index in [1.54, 1.807) is 73.8 Å². The quantitative estimate of drug-likeness (QED) is 0.687. The van der Waals surface area contributed by atoms with Crippen LogP contribution in [0.4, 0.5) is 11.4 Å². The van der Waals surface area contributed by atoms with Gasteiger partial charge in [-0.3, -0.25) is 9.52 Å². The van der Waals surface area contributed by atoms with E-state index >= 15 is 0 Å². The van der Waals surface area contributed by atoms with Gasteiger partial charge in [-0.05, 0) is 60.7 Å². The second kappa shape index (κ2) is 8.37. The predicted molar refractivity (Wildman–Crippen MR) is 110 cm³/mol. The minimum absolute atomic E-state index is 0.172. The summed E-state index contributed by atoms with van der Waals surface area (Å²) in [6.45, 7) is 0. The molecule has 0 bridgehead atoms. The molecule has 1 amide bonds. The fourth-order valence-corrected chi connectivity index (χ4v) is 3.54. The van der Waals surface area contributed by atoms with Gasteiger partial charge >= 0.3 is 6.07 Å². The Labute approximate surface area is 163 Å². The van der Waals surface area contributed by atoms with Crippen molar-refractivity contribution in [3.8, 4) is 6.07 Å². The first-order valence-corrected chi connectivity index (χ1v) is 9.90. The van der Waals surface area contributed by atoms with E-state index in [0.717, 1.165) is 5.56 Å². The number of benzene rings is 3. The highest BCUT2D eigenvalue weighted by Gasteiger charge is 2.14.